The molecule has 0 N–H and O–H groups in total. The summed E-state index contributed by atoms with van der Waals surface area (Å²) < 4.78 is 5.08. The molecule has 0 heterocycles. The van der Waals surface area contributed by atoms with Gasteiger partial charge in [-0.1, -0.05) is 117 Å². The lowest BCUT2D eigenvalue weighted by molar-refractivity contribution is -0.139. The molecular weight excluding hydrogens is 308 g/mol. The zero-order valence-corrected chi connectivity index (χ0v) is 17.5. The van der Waals surface area contributed by atoms with Crippen molar-refractivity contribution in [3.05, 3.63) is 19.6 Å². The first kappa shape index (κ1) is 26.4. The van der Waals surface area contributed by atoms with Crippen molar-refractivity contribution >= 4 is 5.97 Å². The van der Waals surface area contributed by atoms with Crippen LogP contribution in [-0.2, 0) is 9.53 Å². The van der Waals surface area contributed by atoms with Crippen LogP contribution in [0.15, 0.2) is 12.2 Å². The summed E-state index contributed by atoms with van der Waals surface area (Å²) in [6.45, 7) is 8.09. The second-order valence-corrected chi connectivity index (χ2v) is 7.22. The summed E-state index contributed by atoms with van der Waals surface area (Å²) in [5, 5.41) is 0. The predicted molar refractivity (Wildman–Crippen MR) is 112 cm³/mol. The van der Waals surface area contributed by atoms with E-state index in [9.17, 15) is 4.79 Å². The van der Waals surface area contributed by atoms with Gasteiger partial charge in [-0.05, 0) is 13.3 Å². The Morgan fingerprint density at radius 2 is 1.00 bits per heavy atom. The molecule has 0 aliphatic carbocycles. The number of unbranched alkanes of at least 4 members (excludes halogenated alkanes) is 15. The molecule has 0 bridgehead atoms. The van der Waals surface area contributed by atoms with E-state index in [2.05, 4.69) is 13.5 Å². The fraction of sp³-hybridized carbons (Fsp3) is 0.826. The first-order chi connectivity index (χ1) is 11.7. The van der Waals surface area contributed by atoms with Crippen molar-refractivity contribution in [3.8, 4) is 0 Å². The highest BCUT2D eigenvalue weighted by atomic mass is 16.5. The minimum absolute atomic E-state index is 0. The van der Waals surface area contributed by atoms with Crippen LogP contribution in [0.5, 0.6) is 0 Å². The van der Waals surface area contributed by atoms with E-state index in [1.165, 1.54) is 96.3 Å². The smallest absolute Gasteiger partial charge is 0.333 e. The molecule has 25 heavy (non-hydrogen) atoms. The van der Waals surface area contributed by atoms with E-state index in [-0.39, 0.29) is 13.4 Å². The summed E-state index contributed by atoms with van der Waals surface area (Å²) in [5.41, 5.74) is 0.492. The monoisotopic (exact) mass is 353 g/mol. The third-order valence-corrected chi connectivity index (χ3v) is 4.58. The third kappa shape index (κ3) is 21.2. The van der Waals surface area contributed by atoms with Crippen LogP contribution in [0.3, 0.4) is 0 Å². The minimum Gasteiger partial charge on any atom is -0.462 e. The van der Waals surface area contributed by atoms with E-state index < -0.39 is 0 Å². The Morgan fingerprint density at radius 1 is 0.680 bits per heavy atom. The highest BCUT2D eigenvalue weighted by molar-refractivity contribution is 5.86. The molecule has 1 radical (unpaired) electrons. The van der Waals surface area contributed by atoms with Crippen LogP contribution in [0.1, 0.15) is 117 Å². The highest BCUT2D eigenvalue weighted by Crippen LogP contribution is 2.13. The van der Waals surface area contributed by atoms with Gasteiger partial charge in [-0.3, -0.25) is 0 Å². The second kappa shape index (κ2) is 21.3. The third-order valence-electron chi connectivity index (χ3n) is 4.58. The van der Waals surface area contributed by atoms with E-state index in [0.717, 1.165) is 6.42 Å². The van der Waals surface area contributed by atoms with Crippen LogP contribution in [-0.4, -0.2) is 12.6 Å². The summed E-state index contributed by atoms with van der Waals surface area (Å²) in [6, 6.07) is 0. The summed E-state index contributed by atoms with van der Waals surface area (Å²) in [5.74, 6) is -0.254. The zero-order chi connectivity index (χ0) is 17.9. The van der Waals surface area contributed by atoms with Gasteiger partial charge in [0.2, 0.25) is 0 Å². The fourth-order valence-electron chi connectivity index (χ4n) is 2.94. The van der Waals surface area contributed by atoms with Crippen molar-refractivity contribution in [3.63, 3.8) is 0 Å². The molecule has 149 valence electrons. The number of hydrogen-bond acceptors (Lipinski definition) is 2. The molecule has 0 amide bonds. The van der Waals surface area contributed by atoms with Crippen molar-refractivity contribution in [2.45, 2.75) is 117 Å². The number of rotatable bonds is 18. The number of carbonyl (C=O) groups excluding carboxylic acids is 1. The van der Waals surface area contributed by atoms with Gasteiger partial charge >= 0.3 is 5.97 Å². The van der Waals surface area contributed by atoms with Crippen LogP contribution in [0.2, 0.25) is 0 Å². The standard InChI is InChI=1S/C22H42O2.CH3/c1-4-5-6-7-8-9-10-11-12-13-14-15-16-17-18-19-20-24-22(23)21(2)3;/h2,4-20H2,1,3H3;1H3. The van der Waals surface area contributed by atoms with Crippen LogP contribution in [0, 0.1) is 7.43 Å². The van der Waals surface area contributed by atoms with Gasteiger partial charge in [-0.15, -0.1) is 0 Å². The lowest BCUT2D eigenvalue weighted by Crippen LogP contribution is -2.05. The van der Waals surface area contributed by atoms with Gasteiger partial charge < -0.3 is 4.74 Å². The molecule has 0 spiro atoms. The SMILES string of the molecule is C=C(C)C(=O)OCCCCCCCCCCCCCCCCCC.[CH3]. The van der Waals surface area contributed by atoms with Gasteiger partial charge in [0, 0.05) is 5.57 Å². The first-order valence-electron chi connectivity index (χ1n) is 10.5. The topological polar surface area (TPSA) is 26.3 Å². The summed E-state index contributed by atoms with van der Waals surface area (Å²) in [6.07, 6.45) is 21.7. The highest BCUT2D eigenvalue weighted by Gasteiger charge is 2.01. The lowest BCUT2D eigenvalue weighted by Gasteiger charge is -2.05. The molecule has 0 unspecified atom stereocenters. The number of ether oxygens (including phenoxy) is 1. The lowest BCUT2D eigenvalue weighted by atomic mass is 10.0. The maximum absolute atomic E-state index is 11.2. The van der Waals surface area contributed by atoms with Gasteiger partial charge in [0.15, 0.2) is 0 Å². The molecule has 0 atom stereocenters. The molecule has 0 fully saturated rings. The predicted octanol–water partition coefficient (Wildman–Crippen LogP) is 7.82. The Labute approximate surface area is 158 Å². The summed E-state index contributed by atoms with van der Waals surface area (Å²) >= 11 is 0. The van der Waals surface area contributed by atoms with Crippen LogP contribution in [0.25, 0.3) is 0 Å². The molecular formula is C23H45O2. The Bertz CT molecular complexity index is 296. The van der Waals surface area contributed by atoms with Gasteiger partial charge in [0.1, 0.15) is 0 Å². The van der Waals surface area contributed by atoms with Crippen molar-refractivity contribution < 1.29 is 9.53 Å². The fourth-order valence-corrected chi connectivity index (χ4v) is 2.94. The Balaban J connectivity index is 0. The molecule has 0 aromatic rings. The normalized spacial score (nSPS) is 10.3. The molecule has 2 heteroatoms. The maximum Gasteiger partial charge on any atom is 0.333 e. The van der Waals surface area contributed by atoms with E-state index in [4.69, 9.17) is 4.74 Å². The number of carbonyl (C=O) groups is 1. The Kier molecular flexibility index (Phi) is 22.5. The minimum atomic E-state index is -0.254. The molecule has 2 nitrogen and oxygen atoms in total. The molecule has 0 aromatic heterocycles. The van der Waals surface area contributed by atoms with Crippen molar-refractivity contribution in [1.29, 1.82) is 0 Å². The molecule has 0 saturated carbocycles. The van der Waals surface area contributed by atoms with Gasteiger partial charge in [-0.25, -0.2) is 4.79 Å². The van der Waals surface area contributed by atoms with Gasteiger partial charge in [0.25, 0.3) is 0 Å². The largest absolute Gasteiger partial charge is 0.462 e. The van der Waals surface area contributed by atoms with E-state index in [1.807, 2.05) is 0 Å². The second-order valence-electron chi connectivity index (χ2n) is 7.22. The van der Waals surface area contributed by atoms with Crippen molar-refractivity contribution in [2.75, 3.05) is 6.61 Å². The van der Waals surface area contributed by atoms with Crippen molar-refractivity contribution in [1.82, 2.24) is 0 Å². The summed E-state index contributed by atoms with van der Waals surface area (Å²) in [7, 11) is 0. The van der Waals surface area contributed by atoms with Gasteiger partial charge in [0.05, 0.1) is 6.61 Å². The first-order valence-corrected chi connectivity index (χ1v) is 10.5. The van der Waals surface area contributed by atoms with Gasteiger partial charge in [-0.2, -0.15) is 0 Å². The van der Waals surface area contributed by atoms with Crippen LogP contribution < -0.4 is 0 Å². The molecule has 0 aromatic carbocycles. The van der Waals surface area contributed by atoms with Crippen LogP contribution >= 0.6 is 0 Å². The maximum atomic E-state index is 11.2. The van der Waals surface area contributed by atoms with E-state index >= 15 is 0 Å². The average molecular weight is 354 g/mol. The Hall–Kier alpha value is -0.790. The number of hydrogen-bond donors (Lipinski definition) is 0. The van der Waals surface area contributed by atoms with E-state index in [1.54, 1.807) is 6.92 Å². The zero-order valence-electron chi connectivity index (χ0n) is 17.5. The molecule has 0 aliphatic heterocycles. The molecule has 0 aliphatic rings. The summed E-state index contributed by atoms with van der Waals surface area (Å²) in [4.78, 5) is 11.2. The van der Waals surface area contributed by atoms with E-state index in [0.29, 0.717) is 12.2 Å². The van der Waals surface area contributed by atoms with Crippen molar-refractivity contribution in [2.24, 2.45) is 0 Å². The average Bonchev–Trinajstić information content (AvgIpc) is 2.57. The number of esters is 1. The molecule has 0 rings (SSSR count). The quantitative estimate of drug-likeness (QED) is 0.143. The Morgan fingerprint density at radius 3 is 1.32 bits per heavy atom. The van der Waals surface area contributed by atoms with Crippen LogP contribution in [0.4, 0.5) is 0 Å². The molecule has 0 saturated heterocycles.